The fraction of sp³-hybridized carbons (Fsp3) is 0.500. The molecule has 0 atom stereocenters. The van der Waals surface area contributed by atoms with Gasteiger partial charge in [-0.15, -0.1) is 0 Å². The average Bonchev–Trinajstić information content (AvgIpc) is 2.81. The molecule has 0 unspecified atom stereocenters. The molecule has 2 aromatic rings. The Morgan fingerprint density at radius 3 is 1.72 bits per heavy atom. The zero-order valence-corrected chi connectivity index (χ0v) is 24.9. The highest BCUT2D eigenvalue weighted by molar-refractivity contribution is 8.13. The van der Waals surface area contributed by atoms with Crippen LogP contribution in [0.25, 0.3) is 0 Å². The molecule has 36 heavy (non-hydrogen) atoms. The number of nitrogens with zero attached hydrogens (tertiary/aromatic N) is 2. The van der Waals surface area contributed by atoms with E-state index in [1.807, 2.05) is 32.9 Å². The topological polar surface area (TPSA) is 59.1 Å². The SMILES string of the molecule is CN(CCN(C)C(=O)SCCO[Si](c1ccccc1)(c1ccccc1)C(C)(C)C)C(=O)OC(C)(C)C. The van der Waals surface area contributed by atoms with E-state index in [0.29, 0.717) is 25.4 Å². The summed E-state index contributed by atoms with van der Waals surface area (Å²) in [5.74, 6) is 0.551. The van der Waals surface area contributed by atoms with Gasteiger partial charge in [0.2, 0.25) is 0 Å². The Hall–Kier alpha value is -2.29. The Labute approximate surface area is 222 Å². The molecule has 0 aliphatic carbocycles. The zero-order valence-electron chi connectivity index (χ0n) is 23.0. The molecule has 198 valence electrons. The van der Waals surface area contributed by atoms with Crippen molar-refractivity contribution in [2.24, 2.45) is 0 Å². The summed E-state index contributed by atoms with van der Waals surface area (Å²) in [4.78, 5) is 28.0. The number of rotatable bonds is 9. The van der Waals surface area contributed by atoms with Crippen molar-refractivity contribution < 1.29 is 18.8 Å². The Morgan fingerprint density at radius 1 is 0.806 bits per heavy atom. The summed E-state index contributed by atoms with van der Waals surface area (Å²) >= 11 is 1.25. The molecule has 8 heteroatoms. The van der Waals surface area contributed by atoms with Crippen molar-refractivity contribution in [2.45, 2.75) is 52.2 Å². The molecule has 0 aromatic heterocycles. The highest BCUT2D eigenvalue weighted by Gasteiger charge is 2.50. The number of likely N-dealkylation sites (N-methyl/N-ethyl adjacent to an activating group) is 2. The number of thioether (sulfide) groups is 1. The van der Waals surface area contributed by atoms with Crippen LogP contribution in [0.1, 0.15) is 41.5 Å². The molecule has 2 amide bonds. The Bertz CT molecular complexity index is 935. The van der Waals surface area contributed by atoms with E-state index < -0.39 is 20.0 Å². The molecule has 6 nitrogen and oxygen atoms in total. The number of carbonyl (C=O) groups is 2. The van der Waals surface area contributed by atoms with Gasteiger partial charge in [0.25, 0.3) is 13.6 Å². The molecule has 0 saturated heterocycles. The maximum Gasteiger partial charge on any atom is 0.410 e. The maximum atomic E-state index is 12.7. The molecule has 2 rings (SSSR count). The lowest BCUT2D eigenvalue weighted by molar-refractivity contribution is 0.0292. The van der Waals surface area contributed by atoms with Crippen molar-refractivity contribution in [1.29, 1.82) is 0 Å². The van der Waals surface area contributed by atoms with Gasteiger partial charge in [0.05, 0.1) is 0 Å². The third kappa shape index (κ3) is 8.11. The van der Waals surface area contributed by atoms with Gasteiger partial charge in [-0.2, -0.15) is 0 Å². The lowest BCUT2D eigenvalue weighted by atomic mass is 10.2. The van der Waals surface area contributed by atoms with Gasteiger partial charge in [-0.1, -0.05) is 93.2 Å². The van der Waals surface area contributed by atoms with Crippen LogP contribution in [0, 0.1) is 0 Å². The van der Waals surface area contributed by atoms with Crippen LogP contribution in [0.15, 0.2) is 60.7 Å². The largest absolute Gasteiger partial charge is 0.444 e. The predicted molar refractivity (Wildman–Crippen MR) is 153 cm³/mol. The highest BCUT2D eigenvalue weighted by Crippen LogP contribution is 2.36. The second-order valence-electron chi connectivity index (χ2n) is 10.9. The van der Waals surface area contributed by atoms with E-state index in [9.17, 15) is 9.59 Å². The molecule has 0 aliphatic rings. The molecule has 2 aromatic carbocycles. The van der Waals surface area contributed by atoms with Crippen LogP contribution in [0.2, 0.25) is 5.04 Å². The van der Waals surface area contributed by atoms with Crippen molar-refractivity contribution in [3.8, 4) is 0 Å². The second-order valence-corrected chi connectivity index (χ2v) is 16.3. The van der Waals surface area contributed by atoms with Gasteiger partial charge in [-0.05, 0) is 36.2 Å². The summed E-state index contributed by atoms with van der Waals surface area (Å²) in [6.45, 7) is 13.5. The fourth-order valence-electron chi connectivity index (χ4n) is 4.02. The summed E-state index contributed by atoms with van der Waals surface area (Å²) in [6.07, 6.45) is -0.394. The first-order chi connectivity index (χ1) is 16.8. The Morgan fingerprint density at radius 2 is 1.28 bits per heavy atom. The second kappa shape index (κ2) is 12.8. The van der Waals surface area contributed by atoms with Gasteiger partial charge in [0, 0.05) is 39.5 Å². The van der Waals surface area contributed by atoms with Gasteiger partial charge in [0.1, 0.15) is 5.60 Å². The first-order valence-electron chi connectivity index (χ1n) is 12.3. The van der Waals surface area contributed by atoms with Crippen molar-refractivity contribution >= 4 is 41.8 Å². The van der Waals surface area contributed by atoms with E-state index >= 15 is 0 Å². The lowest BCUT2D eigenvalue weighted by Crippen LogP contribution is -2.66. The van der Waals surface area contributed by atoms with Gasteiger partial charge in [-0.3, -0.25) is 4.79 Å². The van der Waals surface area contributed by atoms with Crippen LogP contribution in [0.4, 0.5) is 9.59 Å². The smallest absolute Gasteiger partial charge is 0.410 e. The number of hydrogen-bond donors (Lipinski definition) is 0. The zero-order chi connectivity index (χ0) is 27.0. The van der Waals surface area contributed by atoms with E-state index in [-0.39, 0.29) is 10.3 Å². The minimum atomic E-state index is -2.61. The Balaban J connectivity index is 2.01. The van der Waals surface area contributed by atoms with Crippen LogP contribution < -0.4 is 10.4 Å². The van der Waals surface area contributed by atoms with Crippen LogP contribution in [-0.2, 0) is 9.16 Å². The maximum absolute atomic E-state index is 12.7. The van der Waals surface area contributed by atoms with E-state index in [0.717, 1.165) is 0 Å². The predicted octanol–water partition coefficient (Wildman–Crippen LogP) is 5.21. The van der Waals surface area contributed by atoms with Gasteiger partial charge >= 0.3 is 6.09 Å². The molecule has 0 saturated carbocycles. The molecular weight excluding hydrogens is 488 g/mol. The molecular formula is C28H42N2O4SSi. The Kier molecular flexibility index (Phi) is 10.6. The summed E-state index contributed by atoms with van der Waals surface area (Å²) in [5.41, 5.74) is -0.548. The van der Waals surface area contributed by atoms with Crippen LogP contribution in [0.5, 0.6) is 0 Å². The number of amides is 2. The molecule has 0 aliphatic heterocycles. The molecule has 0 heterocycles. The number of carbonyl (C=O) groups excluding carboxylic acids is 2. The monoisotopic (exact) mass is 530 g/mol. The normalized spacial score (nSPS) is 12.2. The third-order valence-corrected chi connectivity index (χ3v) is 11.8. The number of benzene rings is 2. The molecule has 0 bridgehead atoms. The molecule has 0 spiro atoms. The van der Waals surface area contributed by atoms with Crippen LogP contribution >= 0.6 is 11.8 Å². The van der Waals surface area contributed by atoms with Crippen molar-refractivity contribution in [3.05, 3.63) is 60.7 Å². The summed E-state index contributed by atoms with van der Waals surface area (Å²) in [7, 11) is 0.822. The average molecular weight is 531 g/mol. The molecule has 0 fully saturated rings. The lowest BCUT2D eigenvalue weighted by Gasteiger charge is -2.43. The van der Waals surface area contributed by atoms with Crippen LogP contribution in [-0.4, -0.2) is 74.6 Å². The summed E-state index contributed by atoms with van der Waals surface area (Å²) < 4.78 is 12.2. The highest BCUT2D eigenvalue weighted by atomic mass is 32.2. The standard InChI is InChI=1S/C28H42N2O4SSi/c1-27(2,3)34-25(31)29(7)19-20-30(8)26(32)35-22-21-33-36(28(4,5)6,23-15-11-9-12-16-23)24-17-13-10-14-18-24/h9-18H,19-22H2,1-8H3. The number of ether oxygens (including phenoxy) is 1. The summed E-state index contributed by atoms with van der Waals surface area (Å²) in [5, 5.41) is 2.30. The third-order valence-electron chi connectivity index (χ3n) is 5.83. The van der Waals surface area contributed by atoms with Gasteiger partial charge in [-0.25, -0.2) is 4.79 Å². The van der Waals surface area contributed by atoms with E-state index in [1.165, 1.54) is 27.0 Å². The fourth-order valence-corrected chi connectivity index (χ4v) is 9.38. The number of hydrogen-bond acceptors (Lipinski definition) is 5. The van der Waals surface area contributed by atoms with E-state index in [4.69, 9.17) is 9.16 Å². The van der Waals surface area contributed by atoms with Gasteiger partial charge < -0.3 is 19.0 Å². The molecule has 0 N–H and O–H groups in total. The minimum Gasteiger partial charge on any atom is -0.444 e. The summed E-state index contributed by atoms with van der Waals surface area (Å²) in [6, 6.07) is 21.0. The van der Waals surface area contributed by atoms with Crippen molar-refractivity contribution in [2.75, 3.05) is 39.5 Å². The molecule has 0 radical (unpaired) electrons. The van der Waals surface area contributed by atoms with E-state index in [2.05, 4.69) is 69.3 Å². The van der Waals surface area contributed by atoms with E-state index in [1.54, 1.807) is 19.0 Å². The first kappa shape index (κ1) is 29.9. The van der Waals surface area contributed by atoms with Gasteiger partial charge in [0.15, 0.2) is 0 Å². The minimum absolute atomic E-state index is 0.0429. The quantitative estimate of drug-likeness (QED) is 0.329. The van der Waals surface area contributed by atoms with Crippen molar-refractivity contribution in [3.63, 3.8) is 0 Å². The van der Waals surface area contributed by atoms with Crippen molar-refractivity contribution in [1.82, 2.24) is 9.80 Å². The van der Waals surface area contributed by atoms with Crippen LogP contribution in [0.3, 0.4) is 0 Å². The first-order valence-corrected chi connectivity index (χ1v) is 15.2.